The van der Waals surface area contributed by atoms with Crippen LogP contribution in [0, 0.1) is 0 Å². The Morgan fingerprint density at radius 2 is 1.21 bits per heavy atom. The van der Waals surface area contributed by atoms with Gasteiger partial charge in [-0.1, -0.05) is 97.1 Å². The second kappa shape index (κ2) is 8.05. The first kappa shape index (κ1) is 19.1. The molecule has 0 amide bonds. The van der Waals surface area contributed by atoms with Gasteiger partial charge in [-0.05, 0) is 49.1 Å². The van der Waals surface area contributed by atoms with Gasteiger partial charge in [0.15, 0.2) is 0 Å². The van der Waals surface area contributed by atoms with E-state index in [1.165, 1.54) is 27.8 Å². The monoisotopic (exact) mass is 377 g/mol. The topological polar surface area (TPSA) is 12.4 Å². The molecular formula is C28H27N. The zero-order valence-corrected chi connectivity index (χ0v) is 17.3. The Bertz CT molecular complexity index is 1060. The van der Waals surface area contributed by atoms with Crippen LogP contribution in [-0.4, -0.2) is 11.8 Å². The molecule has 0 fully saturated rings. The summed E-state index contributed by atoms with van der Waals surface area (Å²) in [6.45, 7) is 6.59. The van der Waals surface area contributed by atoms with Crippen molar-refractivity contribution < 1.29 is 0 Å². The van der Waals surface area contributed by atoms with Crippen LogP contribution in [0.25, 0.3) is 11.1 Å². The average molecular weight is 378 g/mol. The number of benzene rings is 3. The first-order chi connectivity index (χ1) is 14.1. The Kier molecular flexibility index (Phi) is 5.31. The van der Waals surface area contributed by atoms with Crippen molar-refractivity contribution >= 4 is 16.9 Å². The highest BCUT2D eigenvalue weighted by molar-refractivity contribution is 6.32. The molecule has 0 spiro atoms. The number of rotatable bonds is 4. The second-order valence-electron chi connectivity index (χ2n) is 8.03. The van der Waals surface area contributed by atoms with Gasteiger partial charge in [0.05, 0.1) is 11.1 Å². The van der Waals surface area contributed by atoms with Gasteiger partial charge in [-0.25, -0.2) is 0 Å². The summed E-state index contributed by atoms with van der Waals surface area (Å²) in [4.78, 5) is 5.16. The predicted octanol–water partition coefficient (Wildman–Crippen LogP) is 6.97. The SMILES string of the molecule is CC(C)N=C1C(c2ccccc2)=CC(c2ccccc2)=CC1(C)c1ccccc1. The molecule has 3 aromatic rings. The van der Waals surface area contributed by atoms with Crippen molar-refractivity contribution in [3.8, 4) is 0 Å². The molecule has 0 bridgehead atoms. The normalized spacial score (nSPS) is 20.5. The molecular weight excluding hydrogens is 350 g/mol. The molecule has 1 atom stereocenters. The van der Waals surface area contributed by atoms with Crippen LogP contribution in [-0.2, 0) is 5.41 Å². The van der Waals surface area contributed by atoms with Crippen LogP contribution in [0.1, 0.15) is 37.5 Å². The van der Waals surface area contributed by atoms with Gasteiger partial charge in [0.2, 0.25) is 0 Å². The maximum Gasteiger partial charge on any atom is 0.0571 e. The zero-order valence-electron chi connectivity index (χ0n) is 17.3. The van der Waals surface area contributed by atoms with Crippen molar-refractivity contribution in [3.05, 3.63) is 120 Å². The Morgan fingerprint density at radius 3 is 1.76 bits per heavy atom. The van der Waals surface area contributed by atoms with E-state index in [-0.39, 0.29) is 11.5 Å². The van der Waals surface area contributed by atoms with E-state index in [9.17, 15) is 0 Å². The quantitative estimate of drug-likeness (QED) is 0.465. The van der Waals surface area contributed by atoms with Crippen molar-refractivity contribution in [3.63, 3.8) is 0 Å². The van der Waals surface area contributed by atoms with Crippen molar-refractivity contribution in [2.45, 2.75) is 32.2 Å². The lowest BCUT2D eigenvalue weighted by Gasteiger charge is -2.35. The lowest BCUT2D eigenvalue weighted by molar-refractivity contribution is 0.769. The third kappa shape index (κ3) is 3.86. The van der Waals surface area contributed by atoms with Crippen LogP contribution in [0.4, 0.5) is 0 Å². The minimum absolute atomic E-state index is 0.215. The van der Waals surface area contributed by atoms with Crippen LogP contribution >= 0.6 is 0 Å². The summed E-state index contributed by atoms with van der Waals surface area (Å²) in [5.41, 5.74) is 6.95. The first-order valence-electron chi connectivity index (χ1n) is 10.3. The molecule has 0 heterocycles. The fourth-order valence-corrected chi connectivity index (χ4v) is 4.03. The van der Waals surface area contributed by atoms with E-state index in [0.29, 0.717) is 0 Å². The van der Waals surface area contributed by atoms with E-state index >= 15 is 0 Å². The average Bonchev–Trinajstić information content (AvgIpc) is 2.76. The number of hydrogen-bond donors (Lipinski definition) is 0. The van der Waals surface area contributed by atoms with Crippen LogP contribution in [0.15, 0.2) is 108 Å². The molecule has 1 aliphatic rings. The summed E-state index contributed by atoms with van der Waals surface area (Å²) in [7, 11) is 0. The molecule has 1 unspecified atom stereocenters. The Labute approximate surface area is 174 Å². The molecule has 4 rings (SSSR count). The van der Waals surface area contributed by atoms with E-state index in [1.807, 2.05) is 0 Å². The Balaban J connectivity index is 2.00. The summed E-state index contributed by atoms with van der Waals surface area (Å²) >= 11 is 0. The molecule has 1 aliphatic carbocycles. The first-order valence-corrected chi connectivity index (χ1v) is 10.3. The van der Waals surface area contributed by atoms with Gasteiger partial charge < -0.3 is 0 Å². The summed E-state index contributed by atoms with van der Waals surface area (Å²) in [6, 6.07) is 32.2. The van der Waals surface area contributed by atoms with Gasteiger partial charge >= 0.3 is 0 Å². The standard InChI is InChI=1S/C28H27N/c1-21(2)29-27-26(23-15-9-5-10-16-23)19-24(22-13-7-4-8-14-22)20-28(27,3)25-17-11-6-12-18-25/h4-21H,1-3H3. The van der Waals surface area contributed by atoms with Crippen molar-refractivity contribution in [2.24, 2.45) is 4.99 Å². The maximum atomic E-state index is 5.16. The Morgan fingerprint density at radius 1 is 0.690 bits per heavy atom. The van der Waals surface area contributed by atoms with Crippen molar-refractivity contribution in [1.82, 2.24) is 0 Å². The van der Waals surface area contributed by atoms with Gasteiger partial charge in [-0.3, -0.25) is 4.99 Å². The fraction of sp³-hybridized carbons (Fsp3) is 0.179. The number of nitrogens with zero attached hydrogens (tertiary/aromatic N) is 1. The zero-order chi connectivity index (χ0) is 20.3. The lowest BCUT2D eigenvalue weighted by atomic mass is 9.69. The van der Waals surface area contributed by atoms with Gasteiger partial charge in [-0.2, -0.15) is 0 Å². The van der Waals surface area contributed by atoms with Gasteiger partial charge in [0.25, 0.3) is 0 Å². The van der Waals surface area contributed by atoms with Crippen LogP contribution in [0.2, 0.25) is 0 Å². The molecule has 3 aromatic carbocycles. The highest BCUT2D eigenvalue weighted by Gasteiger charge is 2.36. The van der Waals surface area contributed by atoms with Crippen molar-refractivity contribution in [1.29, 1.82) is 0 Å². The third-order valence-electron chi connectivity index (χ3n) is 5.44. The predicted molar refractivity (Wildman–Crippen MR) is 125 cm³/mol. The molecule has 0 saturated carbocycles. The molecule has 1 heteroatoms. The molecule has 0 aromatic heterocycles. The fourth-order valence-electron chi connectivity index (χ4n) is 4.03. The number of allylic oxidation sites excluding steroid dienone is 4. The number of aliphatic imine (C=N–C) groups is 1. The van der Waals surface area contributed by atoms with E-state index < -0.39 is 0 Å². The minimum Gasteiger partial charge on any atom is -0.285 e. The molecule has 29 heavy (non-hydrogen) atoms. The lowest BCUT2D eigenvalue weighted by Crippen LogP contribution is -2.34. The largest absolute Gasteiger partial charge is 0.285 e. The van der Waals surface area contributed by atoms with Gasteiger partial charge in [0, 0.05) is 11.6 Å². The highest BCUT2D eigenvalue weighted by Crippen LogP contribution is 2.41. The van der Waals surface area contributed by atoms with Gasteiger partial charge in [0.1, 0.15) is 0 Å². The molecule has 0 aliphatic heterocycles. The molecule has 0 N–H and O–H groups in total. The Hall–Kier alpha value is -3.19. The van der Waals surface area contributed by atoms with Crippen LogP contribution in [0.5, 0.6) is 0 Å². The smallest absolute Gasteiger partial charge is 0.0571 e. The third-order valence-corrected chi connectivity index (χ3v) is 5.44. The van der Waals surface area contributed by atoms with Crippen molar-refractivity contribution in [2.75, 3.05) is 0 Å². The van der Waals surface area contributed by atoms with Crippen LogP contribution in [0.3, 0.4) is 0 Å². The number of hydrogen-bond acceptors (Lipinski definition) is 1. The van der Waals surface area contributed by atoms with Gasteiger partial charge in [-0.15, -0.1) is 0 Å². The highest BCUT2D eigenvalue weighted by atomic mass is 14.8. The van der Waals surface area contributed by atoms with Crippen LogP contribution < -0.4 is 0 Å². The molecule has 1 nitrogen and oxygen atoms in total. The molecule has 144 valence electrons. The summed E-state index contributed by atoms with van der Waals surface area (Å²) in [5, 5.41) is 0. The minimum atomic E-state index is -0.309. The molecule has 0 saturated heterocycles. The van der Waals surface area contributed by atoms with E-state index in [2.05, 4.69) is 124 Å². The summed E-state index contributed by atoms with van der Waals surface area (Å²) in [5.74, 6) is 0. The van der Waals surface area contributed by atoms with E-state index in [4.69, 9.17) is 4.99 Å². The summed E-state index contributed by atoms with van der Waals surface area (Å²) < 4.78 is 0. The second-order valence-corrected chi connectivity index (χ2v) is 8.03. The van der Waals surface area contributed by atoms with E-state index in [0.717, 1.165) is 5.71 Å². The summed E-state index contributed by atoms with van der Waals surface area (Å²) in [6.07, 6.45) is 4.68. The maximum absolute atomic E-state index is 5.16. The van der Waals surface area contributed by atoms with E-state index in [1.54, 1.807) is 0 Å². The molecule has 0 radical (unpaired) electrons.